The van der Waals surface area contributed by atoms with Crippen molar-refractivity contribution in [3.63, 3.8) is 0 Å². The molecule has 1 atom stereocenters. The monoisotopic (exact) mass is 391 g/mol. The number of piperazine rings is 1. The van der Waals surface area contributed by atoms with Crippen LogP contribution in [0, 0.1) is 5.82 Å². The summed E-state index contributed by atoms with van der Waals surface area (Å²) in [5.41, 5.74) is 0.357. The van der Waals surface area contributed by atoms with Crippen molar-refractivity contribution in [2.75, 3.05) is 31.1 Å². The molecule has 1 aromatic carbocycles. The van der Waals surface area contributed by atoms with Crippen molar-refractivity contribution in [2.45, 2.75) is 44.1 Å². The van der Waals surface area contributed by atoms with E-state index in [4.69, 9.17) is 5.11 Å². The molecule has 3 rings (SSSR count). The molecule has 7 nitrogen and oxygen atoms in total. The highest BCUT2D eigenvalue weighted by molar-refractivity contribution is 5.80. The van der Waals surface area contributed by atoms with Gasteiger partial charge in [-0.1, -0.05) is 0 Å². The highest BCUT2D eigenvalue weighted by Crippen LogP contribution is 2.30. The minimum atomic E-state index is -0.899. The molecule has 8 heteroatoms. The first kappa shape index (κ1) is 20.1. The lowest BCUT2D eigenvalue weighted by Crippen LogP contribution is -2.49. The predicted molar refractivity (Wildman–Crippen MR) is 101 cm³/mol. The smallest absolute Gasteiger partial charge is 0.303 e. The Bertz CT molecular complexity index is 731. The molecule has 0 unspecified atom stereocenters. The van der Waals surface area contributed by atoms with Gasteiger partial charge in [-0.15, -0.1) is 0 Å². The lowest BCUT2D eigenvalue weighted by atomic mass is 9.86. The molecule has 2 amide bonds. The molecule has 2 saturated heterocycles. The maximum Gasteiger partial charge on any atom is 0.303 e. The van der Waals surface area contributed by atoms with Gasteiger partial charge in [0.2, 0.25) is 11.8 Å². The third-order valence-corrected chi connectivity index (χ3v) is 5.69. The summed E-state index contributed by atoms with van der Waals surface area (Å²) in [6.07, 6.45) is 2.03. The van der Waals surface area contributed by atoms with E-state index in [0.717, 1.165) is 5.69 Å². The third kappa shape index (κ3) is 4.99. The van der Waals surface area contributed by atoms with Gasteiger partial charge >= 0.3 is 5.97 Å². The Morgan fingerprint density at radius 2 is 1.71 bits per heavy atom. The molecule has 1 aromatic rings. The lowest BCUT2D eigenvalue weighted by molar-refractivity contribution is -0.137. The standard InChI is InChI=1S/C20H26FN3O4/c21-15-1-3-16(4-2-15)23-11-13-24(14-12-23)18(26)6-9-20(10-7-19(27)28)8-5-17(25)22-20/h1-4H,5-14H2,(H,22,25)(H,27,28)/t20-/m0/s1. The number of aliphatic carboxylic acids is 1. The van der Waals surface area contributed by atoms with E-state index in [-0.39, 0.29) is 30.5 Å². The van der Waals surface area contributed by atoms with Gasteiger partial charge in [-0.25, -0.2) is 4.39 Å². The number of amides is 2. The fourth-order valence-corrected chi connectivity index (χ4v) is 3.99. The Labute approximate surface area is 163 Å². The van der Waals surface area contributed by atoms with Gasteiger partial charge < -0.3 is 20.2 Å². The highest BCUT2D eigenvalue weighted by atomic mass is 19.1. The molecule has 28 heavy (non-hydrogen) atoms. The number of hydrogen-bond acceptors (Lipinski definition) is 4. The molecule has 2 N–H and O–H groups in total. The molecule has 2 fully saturated rings. The Hall–Kier alpha value is -2.64. The SMILES string of the molecule is O=C(O)CC[C@@]1(CCC(=O)N2CCN(c3ccc(F)cc3)CC2)CCC(=O)N1. The molecule has 0 radical (unpaired) electrons. The molecule has 0 saturated carbocycles. The largest absolute Gasteiger partial charge is 0.481 e. The molecule has 2 heterocycles. The van der Waals surface area contributed by atoms with Crippen molar-refractivity contribution < 1.29 is 23.9 Å². The van der Waals surface area contributed by atoms with Crippen LogP contribution >= 0.6 is 0 Å². The minimum Gasteiger partial charge on any atom is -0.481 e. The summed E-state index contributed by atoms with van der Waals surface area (Å²) in [6.45, 7) is 2.53. The fourth-order valence-electron chi connectivity index (χ4n) is 3.99. The molecule has 0 aliphatic carbocycles. The van der Waals surface area contributed by atoms with Crippen LogP contribution in [-0.2, 0) is 14.4 Å². The molecule has 2 aliphatic heterocycles. The van der Waals surface area contributed by atoms with Gasteiger partial charge in [0, 0.05) is 56.7 Å². The van der Waals surface area contributed by atoms with Crippen LogP contribution < -0.4 is 10.2 Å². The Balaban J connectivity index is 1.50. The topological polar surface area (TPSA) is 90.0 Å². The summed E-state index contributed by atoms with van der Waals surface area (Å²) in [6, 6.07) is 6.34. The van der Waals surface area contributed by atoms with Crippen molar-refractivity contribution in [1.29, 1.82) is 0 Å². The number of carboxylic acids is 1. The Kier molecular flexibility index (Phi) is 6.16. The van der Waals surface area contributed by atoms with Crippen molar-refractivity contribution in [3.05, 3.63) is 30.1 Å². The molecular formula is C20H26FN3O4. The minimum absolute atomic E-state index is 0.0228. The van der Waals surface area contributed by atoms with Crippen LogP contribution in [-0.4, -0.2) is 59.5 Å². The number of carboxylic acid groups (broad SMARTS) is 1. The highest BCUT2D eigenvalue weighted by Gasteiger charge is 2.38. The van der Waals surface area contributed by atoms with Crippen LogP contribution in [0.15, 0.2) is 24.3 Å². The summed E-state index contributed by atoms with van der Waals surface area (Å²) in [5.74, 6) is -1.22. The normalized spacial score (nSPS) is 22.2. The van der Waals surface area contributed by atoms with Crippen molar-refractivity contribution in [3.8, 4) is 0 Å². The fraction of sp³-hybridized carbons (Fsp3) is 0.550. The zero-order valence-electron chi connectivity index (χ0n) is 15.8. The van der Waals surface area contributed by atoms with Crippen LogP contribution in [0.5, 0.6) is 0 Å². The number of rotatable bonds is 7. The van der Waals surface area contributed by atoms with E-state index < -0.39 is 11.5 Å². The average Bonchev–Trinajstić information content (AvgIpc) is 3.07. The second-order valence-electron chi connectivity index (χ2n) is 7.57. The van der Waals surface area contributed by atoms with Gasteiger partial charge in [-0.05, 0) is 43.5 Å². The van der Waals surface area contributed by atoms with Gasteiger partial charge in [-0.2, -0.15) is 0 Å². The zero-order chi connectivity index (χ0) is 20.1. The predicted octanol–water partition coefficient (Wildman–Crippen LogP) is 1.77. The molecule has 0 spiro atoms. The lowest BCUT2D eigenvalue weighted by Gasteiger charge is -2.37. The number of anilines is 1. The first-order valence-electron chi connectivity index (χ1n) is 9.68. The van der Waals surface area contributed by atoms with Gasteiger partial charge in [0.25, 0.3) is 0 Å². The second-order valence-corrected chi connectivity index (χ2v) is 7.57. The molecular weight excluding hydrogens is 365 g/mol. The van der Waals surface area contributed by atoms with Gasteiger partial charge in [0.1, 0.15) is 5.82 Å². The number of hydrogen-bond donors (Lipinski definition) is 2. The number of benzene rings is 1. The third-order valence-electron chi connectivity index (χ3n) is 5.69. The van der Waals surface area contributed by atoms with E-state index in [0.29, 0.717) is 51.9 Å². The summed E-state index contributed by atoms with van der Waals surface area (Å²) in [4.78, 5) is 39.1. The van der Waals surface area contributed by atoms with Gasteiger partial charge in [0.05, 0.1) is 0 Å². The first-order valence-corrected chi connectivity index (χ1v) is 9.68. The van der Waals surface area contributed by atoms with Crippen LogP contribution in [0.1, 0.15) is 38.5 Å². The van der Waals surface area contributed by atoms with Gasteiger partial charge in [0.15, 0.2) is 0 Å². The number of carbonyl (C=O) groups is 3. The Morgan fingerprint density at radius 3 is 2.29 bits per heavy atom. The van der Waals surface area contributed by atoms with E-state index in [1.807, 2.05) is 4.90 Å². The summed E-state index contributed by atoms with van der Waals surface area (Å²) >= 11 is 0. The average molecular weight is 391 g/mol. The summed E-state index contributed by atoms with van der Waals surface area (Å²) < 4.78 is 13.1. The van der Waals surface area contributed by atoms with Crippen LogP contribution in [0.25, 0.3) is 0 Å². The summed E-state index contributed by atoms with van der Waals surface area (Å²) in [5, 5.41) is 11.9. The van der Waals surface area contributed by atoms with Crippen molar-refractivity contribution in [1.82, 2.24) is 10.2 Å². The number of halogens is 1. The van der Waals surface area contributed by atoms with Crippen molar-refractivity contribution >= 4 is 23.5 Å². The van der Waals surface area contributed by atoms with Gasteiger partial charge in [-0.3, -0.25) is 14.4 Å². The quantitative estimate of drug-likeness (QED) is 0.739. The van der Waals surface area contributed by atoms with Crippen molar-refractivity contribution in [2.24, 2.45) is 0 Å². The van der Waals surface area contributed by atoms with E-state index in [1.165, 1.54) is 12.1 Å². The summed E-state index contributed by atoms with van der Waals surface area (Å²) in [7, 11) is 0. The van der Waals surface area contributed by atoms with E-state index >= 15 is 0 Å². The molecule has 0 aromatic heterocycles. The zero-order valence-corrected chi connectivity index (χ0v) is 15.8. The second kappa shape index (κ2) is 8.58. The Morgan fingerprint density at radius 1 is 1.07 bits per heavy atom. The molecule has 2 aliphatic rings. The molecule has 152 valence electrons. The number of nitrogens with zero attached hydrogens (tertiary/aromatic N) is 2. The van der Waals surface area contributed by atoms with E-state index in [2.05, 4.69) is 10.2 Å². The van der Waals surface area contributed by atoms with E-state index in [9.17, 15) is 18.8 Å². The van der Waals surface area contributed by atoms with Crippen LogP contribution in [0.2, 0.25) is 0 Å². The molecule has 0 bridgehead atoms. The van der Waals surface area contributed by atoms with E-state index in [1.54, 1.807) is 12.1 Å². The first-order chi connectivity index (χ1) is 13.4. The maximum absolute atomic E-state index is 13.1. The van der Waals surface area contributed by atoms with Crippen LogP contribution in [0.4, 0.5) is 10.1 Å². The maximum atomic E-state index is 13.1. The number of carbonyl (C=O) groups excluding carboxylic acids is 2. The van der Waals surface area contributed by atoms with Crippen LogP contribution in [0.3, 0.4) is 0 Å². The number of nitrogens with one attached hydrogen (secondary N) is 1.